The van der Waals surface area contributed by atoms with Crippen LogP contribution >= 0.6 is 0 Å². The number of fused-ring (bicyclic) bond motifs is 2. The van der Waals surface area contributed by atoms with Crippen molar-refractivity contribution in [2.24, 2.45) is 10.7 Å². The minimum absolute atomic E-state index is 0.143. The van der Waals surface area contributed by atoms with Gasteiger partial charge in [0.1, 0.15) is 5.75 Å². The number of carbonyl (C=O) groups is 1. The quantitative estimate of drug-likeness (QED) is 0.519. The third-order valence-corrected chi connectivity index (χ3v) is 4.18. The van der Waals surface area contributed by atoms with Gasteiger partial charge >= 0.3 is 5.96 Å². The highest BCUT2D eigenvalue weighted by Crippen LogP contribution is 2.33. The number of benzene rings is 2. The summed E-state index contributed by atoms with van der Waals surface area (Å²) in [6.07, 6.45) is 0. The van der Waals surface area contributed by atoms with Crippen LogP contribution in [0.4, 0.5) is 11.4 Å². The van der Waals surface area contributed by atoms with Crippen molar-refractivity contribution in [2.45, 2.75) is 12.6 Å². The second-order valence-corrected chi connectivity index (χ2v) is 5.91. The zero-order valence-corrected chi connectivity index (χ0v) is 14.2. The van der Waals surface area contributed by atoms with E-state index >= 15 is 0 Å². The number of nitrogens with one attached hydrogen (secondary N) is 4. The van der Waals surface area contributed by atoms with Gasteiger partial charge in [0.25, 0.3) is 17.5 Å². The van der Waals surface area contributed by atoms with Crippen molar-refractivity contribution < 1.29 is 14.5 Å². The summed E-state index contributed by atoms with van der Waals surface area (Å²) in [5.41, 5.74) is 6.90. The molecule has 1 atom stereocenters. The largest absolute Gasteiger partial charge is 0.494 e. The van der Waals surface area contributed by atoms with E-state index in [4.69, 9.17) is 10.5 Å². The van der Waals surface area contributed by atoms with Crippen molar-refractivity contribution in [3.05, 3.63) is 54.1 Å². The molecule has 2 aliphatic rings. The molecule has 0 aromatic heterocycles. The van der Waals surface area contributed by atoms with Crippen LogP contribution in [0.3, 0.4) is 0 Å². The first-order chi connectivity index (χ1) is 12.6. The maximum absolute atomic E-state index is 12.6. The Labute approximate surface area is 150 Å². The molecule has 0 aliphatic carbocycles. The van der Waals surface area contributed by atoms with Gasteiger partial charge in [-0.2, -0.15) is 4.99 Å². The minimum Gasteiger partial charge on any atom is -0.494 e. The van der Waals surface area contributed by atoms with Gasteiger partial charge < -0.3 is 15.8 Å². The van der Waals surface area contributed by atoms with Gasteiger partial charge in [-0.05, 0) is 37.3 Å². The zero-order valence-electron chi connectivity index (χ0n) is 14.2. The lowest BCUT2D eigenvalue weighted by Gasteiger charge is -2.22. The highest BCUT2D eigenvalue weighted by molar-refractivity contribution is 6.09. The monoisotopic (exact) mass is 351 g/mol. The Bertz CT molecular complexity index is 922. The fourth-order valence-electron chi connectivity index (χ4n) is 3.06. The Kier molecular flexibility index (Phi) is 3.72. The number of para-hydroxylation sites is 1. The van der Waals surface area contributed by atoms with Crippen LogP contribution in [0.1, 0.15) is 12.5 Å². The number of hydrogen-bond donors (Lipinski definition) is 5. The van der Waals surface area contributed by atoms with E-state index < -0.39 is 5.66 Å². The second-order valence-electron chi connectivity index (χ2n) is 5.91. The summed E-state index contributed by atoms with van der Waals surface area (Å²) in [5, 5.41) is 8.93. The second kappa shape index (κ2) is 6.07. The lowest BCUT2D eigenvalue weighted by Crippen LogP contribution is -2.92. The molecule has 26 heavy (non-hydrogen) atoms. The van der Waals surface area contributed by atoms with Gasteiger partial charge in [-0.25, -0.2) is 15.6 Å². The fraction of sp³-hybridized carbons (Fsp3) is 0.167. The van der Waals surface area contributed by atoms with E-state index in [1.807, 2.05) is 55.5 Å². The van der Waals surface area contributed by atoms with Gasteiger partial charge in [0.15, 0.2) is 0 Å². The zero-order chi connectivity index (χ0) is 18.1. The lowest BCUT2D eigenvalue weighted by atomic mass is 10.0. The standard InChI is InChI=1S/C18H18N6O2/c1-2-26-12-9-7-11(8-10-12)20-17-22-16(19)23-18(24-17)13-5-3-4-6-14(13)21-15(18)25/h3-10H,2H2,1H3,(H,21,25)(H4,19,20,22,23,24)/p+1/t18-/m1/s1. The SMILES string of the molecule is CCOc1ccc(NC2=[NH+][C@@]3(N=C(N)N2)C(=O)Nc2ccccc23)cc1. The Hall–Kier alpha value is -3.55. The average Bonchev–Trinajstić information content (AvgIpc) is 2.88. The van der Waals surface area contributed by atoms with Crippen LogP contribution < -0.4 is 31.4 Å². The number of aliphatic imine (C=N–C) groups is 1. The molecule has 0 bridgehead atoms. The van der Waals surface area contributed by atoms with Crippen molar-refractivity contribution in [3.8, 4) is 5.75 Å². The van der Waals surface area contributed by atoms with Gasteiger partial charge in [0.05, 0.1) is 18.0 Å². The number of ether oxygens (including phenoxy) is 1. The van der Waals surface area contributed by atoms with Crippen molar-refractivity contribution in [3.63, 3.8) is 0 Å². The Morgan fingerprint density at radius 2 is 1.96 bits per heavy atom. The van der Waals surface area contributed by atoms with Crippen LogP contribution in [0.2, 0.25) is 0 Å². The summed E-state index contributed by atoms with van der Waals surface area (Å²) in [5.74, 6) is 1.11. The molecule has 0 unspecified atom stereocenters. The van der Waals surface area contributed by atoms with E-state index in [-0.39, 0.29) is 11.9 Å². The van der Waals surface area contributed by atoms with Gasteiger partial charge in [-0.15, -0.1) is 0 Å². The number of carbonyl (C=O) groups excluding carboxylic acids is 1. The molecule has 4 rings (SSSR count). The van der Waals surface area contributed by atoms with Crippen LogP contribution in [-0.4, -0.2) is 24.4 Å². The molecule has 6 N–H and O–H groups in total. The smallest absolute Gasteiger partial charge is 0.358 e. The molecule has 2 aliphatic heterocycles. The number of rotatable bonds is 3. The van der Waals surface area contributed by atoms with Crippen molar-refractivity contribution in [2.75, 3.05) is 17.2 Å². The summed E-state index contributed by atoms with van der Waals surface area (Å²) in [6, 6.07) is 14.9. The molecule has 2 aromatic rings. The molecule has 2 heterocycles. The maximum atomic E-state index is 12.6. The highest BCUT2D eigenvalue weighted by Gasteiger charge is 2.51. The van der Waals surface area contributed by atoms with E-state index in [9.17, 15) is 4.79 Å². The third-order valence-electron chi connectivity index (χ3n) is 4.18. The Balaban J connectivity index is 1.67. The van der Waals surface area contributed by atoms with Gasteiger partial charge in [0, 0.05) is 5.56 Å². The topological polar surface area (TPSA) is 115 Å². The van der Waals surface area contributed by atoms with Gasteiger partial charge in [0.2, 0.25) is 0 Å². The molecule has 2 aromatic carbocycles. The summed E-state index contributed by atoms with van der Waals surface area (Å²) in [4.78, 5) is 20.1. The van der Waals surface area contributed by atoms with Crippen LogP contribution in [-0.2, 0) is 10.5 Å². The summed E-state index contributed by atoms with van der Waals surface area (Å²) in [7, 11) is 0. The molecular weight excluding hydrogens is 332 g/mol. The molecular formula is C18H19N6O2+. The van der Waals surface area contributed by atoms with Crippen molar-refractivity contribution in [1.82, 2.24) is 5.32 Å². The molecule has 8 heteroatoms. The Morgan fingerprint density at radius 1 is 1.19 bits per heavy atom. The molecule has 8 nitrogen and oxygen atoms in total. The minimum atomic E-state index is -1.29. The lowest BCUT2D eigenvalue weighted by molar-refractivity contribution is -0.544. The van der Waals surface area contributed by atoms with E-state index in [0.717, 1.165) is 17.0 Å². The van der Waals surface area contributed by atoms with Crippen molar-refractivity contribution >= 4 is 29.2 Å². The molecule has 0 saturated carbocycles. The first kappa shape index (κ1) is 15.9. The predicted octanol–water partition coefficient (Wildman–Crippen LogP) is -0.343. The number of nitrogens with zero attached hydrogens (tertiary/aromatic N) is 1. The molecule has 1 amide bonds. The number of guanidine groups is 2. The Morgan fingerprint density at radius 3 is 2.73 bits per heavy atom. The maximum Gasteiger partial charge on any atom is 0.358 e. The fourth-order valence-corrected chi connectivity index (χ4v) is 3.06. The number of hydrogen-bond acceptors (Lipinski definition) is 6. The van der Waals surface area contributed by atoms with E-state index in [1.165, 1.54) is 0 Å². The first-order valence-corrected chi connectivity index (χ1v) is 8.29. The molecule has 1 spiro atoms. The molecule has 0 radical (unpaired) electrons. The number of nitrogens with two attached hydrogens (primary N) is 1. The summed E-state index contributed by atoms with van der Waals surface area (Å²) in [6.45, 7) is 2.54. The normalized spacial score (nSPS) is 20.6. The molecule has 0 saturated heterocycles. The molecule has 0 fully saturated rings. The van der Waals surface area contributed by atoms with Crippen molar-refractivity contribution in [1.29, 1.82) is 0 Å². The van der Waals surface area contributed by atoms with Crippen LogP contribution in [0.25, 0.3) is 0 Å². The van der Waals surface area contributed by atoms with Crippen LogP contribution in [0.15, 0.2) is 53.5 Å². The van der Waals surface area contributed by atoms with Crippen LogP contribution in [0.5, 0.6) is 5.75 Å². The van der Waals surface area contributed by atoms with Gasteiger partial charge in [-0.1, -0.05) is 18.2 Å². The number of amides is 1. The first-order valence-electron chi connectivity index (χ1n) is 8.29. The van der Waals surface area contributed by atoms with E-state index in [1.54, 1.807) is 0 Å². The molecule has 132 valence electrons. The average molecular weight is 351 g/mol. The van der Waals surface area contributed by atoms with E-state index in [2.05, 4.69) is 25.9 Å². The summed E-state index contributed by atoms with van der Waals surface area (Å²) < 4.78 is 5.44. The van der Waals surface area contributed by atoms with E-state index in [0.29, 0.717) is 18.3 Å². The third kappa shape index (κ3) is 2.61. The number of anilines is 2. The highest BCUT2D eigenvalue weighted by atomic mass is 16.5. The summed E-state index contributed by atoms with van der Waals surface area (Å²) >= 11 is 0. The predicted molar refractivity (Wildman–Crippen MR) is 98.7 cm³/mol. The van der Waals surface area contributed by atoms with Gasteiger partial charge in [-0.3, -0.25) is 4.79 Å². The van der Waals surface area contributed by atoms with Crippen LogP contribution in [0, 0.1) is 0 Å².